The Labute approximate surface area is 242 Å². The fraction of sp³-hybridized carbons (Fsp3) is 0.242. The molecule has 0 N–H and O–H groups in total. The number of rotatable bonds is 10. The second-order valence-electron chi connectivity index (χ2n) is 9.53. The van der Waals surface area contributed by atoms with Gasteiger partial charge in [0.15, 0.2) is 5.78 Å². The highest BCUT2D eigenvalue weighted by molar-refractivity contribution is 9.09. The van der Waals surface area contributed by atoms with Gasteiger partial charge in [-0.15, -0.1) is 0 Å². The highest BCUT2D eigenvalue weighted by Gasteiger charge is 2.38. The number of alkyl halides is 2. The Bertz CT molecular complexity index is 1230. The van der Waals surface area contributed by atoms with E-state index in [-0.39, 0.29) is 15.4 Å². The smallest absolute Gasteiger partial charge is 0.150 e. The van der Waals surface area contributed by atoms with E-state index in [0.29, 0.717) is 0 Å². The Kier molecular flexibility index (Phi) is 9.45. The topological polar surface area (TPSA) is 35.5 Å². The van der Waals surface area contributed by atoms with Gasteiger partial charge in [-0.2, -0.15) is 0 Å². The van der Waals surface area contributed by atoms with Crippen molar-refractivity contribution in [3.05, 3.63) is 130 Å². The molecule has 0 aliphatic carbocycles. The molecule has 196 valence electrons. The molecule has 4 aromatic rings. The zero-order valence-corrected chi connectivity index (χ0v) is 25.2. The van der Waals surface area contributed by atoms with Gasteiger partial charge >= 0.3 is 0 Å². The number of hydrogen-bond donors (Lipinski definition) is 0. The van der Waals surface area contributed by atoms with Gasteiger partial charge in [-0.25, -0.2) is 0 Å². The molecule has 0 aromatic heterocycles. The summed E-state index contributed by atoms with van der Waals surface area (Å²) in [6, 6.07) is 32.3. The quantitative estimate of drug-likeness (QED) is 0.163. The van der Waals surface area contributed by atoms with Crippen molar-refractivity contribution in [2.75, 3.05) is 14.2 Å². The van der Waals surface area contributed by atoms with Gasteiger partial charge in [0.1, 0.15) is 11.5 Å². The normalized spacial score (nSPS) is 14.3. The minimum atomic E-state index is -0.443. The Morgan fingerprint density at radius 1 is 0.526 bits per heavy atom. The maximum absolute atomic E-state index is 14.8. The number of aryl methyl sites for hydroxylation is 2. The van der Waals surface area contributed by atoms with E-state index >= 15 is 0 Å². The van der Waals surface area contributed by atoms with Crippen molar-refractivity contribution in [3.63, 3.8) is 0 Å². The van der Waals surface area contributed by atoms with Crippen LogP contribution < -0.4 is 9.47 Å². The summed E-state index contributed by atoms with van der Waals surface area (Å²) in [4.78, 5) is 14.4. The van der Waals surface area contributed by atoms with E-state index in [1.165, 1.54) is 11.1 Å². The van der Waals surface area contributed by atoms with Crippen molar-refractivity contribution in [1.82, 2.24) is 0 Å². The largest absolute Gasteiger partial charge is 0.497 e. The van der Waals surface area contributed by atoms with Crippen molar-refractivity contribution in [3.8, 4) is 11.5 Å². The summed E-state index contributed by atoms with van der Waals surface area (Å²) in [5.41, 5.74) is 6.33. The summed E-state index contributed by atoms with van der Waals surface area (Å²) in [6.07, 6.45) is 0. The van der Waals surface area contributed by atoms with E-state index < -0.39 is 11.8 Å². The molecule has 4 unspecified atom stereocenters. The molecule has 0 saturated heterocycles. The van der Waals surface area contributed by atoms with Crippen LogP contribution in [-0.2, 0) is 4.79 Å². The Hall–Kier alpha value is -2.89. The number of hydrogen-bond acceptors (Lipinski definition) is 3. The van der Waals surface area contributed by atoms with Crippen molar-refractivity contribution in [2.24, 2.45) is 0 Å². The van der Waals surface area contributed by atoms with Gasteiger partial charge in [0.2, 0.25) is 0 Å². The molecule has 0 aliphatic rings. The Morgan fingerprint density at radius 3 is 1.11 bits per heavy atom. The lowest BCUT2D eigenvalue weighted by Crippen LogP contribution is -2.26. The first kappa shape index (κ1) is 28.1. The third kappa shape index (κ3) is 6.39. The molecular formula is C33H32Br2O3. The summed E-state index contributed by atoms with van der Waals surface area (Å²) >= 11 is 7.88. The van der Waals surface area contributed by atoms with Crippen LogP contribution in [0.25, 0.3) is 0 Å². The first-order chi connectivity index (χ1) is 18.3. The van der Waals surface area contributed by atoms with Gasteiger partial charge in [-0.05, 0) is 60.4 Å². The average molecular weight is 636 g/mol. The van der Waals surface area contributed by atoms with Crippen molar-refractivity contribution < 1.29 is 14.3 Å². The molecule has 0 aliphatic heterocycles. The van der Waals surface area contributed by atoms with Crippen LogP contribution in [0.1, 0.15) is 54.9 Å². The minimum absolute atomic E-state index is 0.116. The van der Waals surface area contributed by atoms with E-state index in [0.717, 1.165) is 33.8 Å². The van der Waals surface area contributed by atoms with Gasteiger partial charge < -0.3 is 9.47 Å². The van der Waals surface area contributed by atoms with Crippen LogP contribution in [-0.4, -0.2) is 20.0 Å². The number of halogens is 2. The maximum atomic E-state index is 14.8. The molecule has 0 saturated carbocycles. The summed E-state index contributed by atoms with van der Waals surface area (Å²) in [5.74, 6) is 0.741. The molecule has 4 rings (SSSR count). The van der Waals surface area contributed by atoms with Crippen LogP contribution in [0.15, 0.2) is 97.1 Å². The first-order valence-electron chi connectivity index (χ1n) is 12.5. The number of benzene rings is 4. The predicted molar refractivity (Wildman–Crippen MR) is 162 cm³/mol. The molecule has 0 amide bonds. The number of ketones is 1. The van der Waals surface area contributed by atoms with Crippen LogP contribution >= 0.6 is 31.9 Å². The number of ether oxygens (including phenoxy) is 2. The summed E-state index contributed by atoms with van der Waals surface area (Å²) in [6.45, 7) is 4.13. The molecule has 0 heterocycles. The van der Waals surface area contributed by atoms with E-state index in [4.69, 9.17) is 9.47 Å². The van der Waals surface area contributed by atoms with Gasteiger partial charge in [-0.1, -0.05) is 116 Å². The molecular weight excluding hydrogens is 604 g/mol. The average Bonchev–Trinajstić information content (AvgIpc) is 2.94. The molecule has 5 heteroatoms. The first-order valence-corrected chi connectivity index (χ1v) is 14.4. The number of carbonyl (C=O) groups excluding carboxylic acids is 1. The zero-order valence-electron chi connectivity index (χ0n) is 22.0. The number of methoxy groups -OCH3 is 2. The van der Waals surface area contributed by atoms with Crippen molar-refractivity contribution >= 4 is 37.6 Å². The third-order valence-corrected chi connectivity index (χ3v) is 9.05. The van der Waals surface area contributed by atoms with Crippen molar-refractivity contribution in [1.29, 1.82) is 0 Å². The molecule has 38 heavy (non-hydrogen) atoms. The van der Waals surface area contributed by atoms with Crippen LogP contribution in [0.2, 0.25) is 0 Å². The summed E-state index contributed by atoms with van der Waals surface area (Å²) in [7, 11) is 3.29. The molecule has 0 spiro atoms. The van der Waals surface area contributed by atoms with Gasteiger partial charge in [0, 0.05) is 0 Å². The zero-order chi connectivity index (χ0) is 27.2. The third-order valence-electron chi connectivity index (χ3n) is 6.94. The second kappa shape index (κ2) is 12.8. The fourth-order valence-corrected chi connectivity index (χ4v) is 6.40. The molecule has 3 nitrogen and oxygen atoms in total. The maximum Gasteiger partial charge on any atom is 0.150 e. The van der Waals surface area contributed by atoms with E-state index in [1.54, 1.807) is 14.2 Å². The molecule has 0 radical (unpaired) electrons. The summed E-state index contributed by atoms with van der Waals surface area (Å²) < 4.78 is 10.8. The highest BCUT2D eigenvalue weighted by Crippen LogP contribution is 2.47. The lowest BCUT2D eigenvalue weighted by Gasteiger charge is -2.30. The highest BCUT2D eigenvalue weighted by atomic mass is 79.9. The van der Waals surface area contributed by atoms with Crippen LogP contribution in [0, 0.1) is 13.8 Å². The lowest BCUT2D eigenvalue weighted by molar-refractivity contribution is -0.122. The second-order valence-corrected chi connectivity index (χ2v) is 11.5. The predicted octanol–water partition coefficient (Wildman–Crippen LogP) is 9.03. The van der Waals surface area contributed by atoms with E-state index in [9.17, 15) is 4.79 Å². The molecule has 4 atom stereocenters. The van der Waals surface area contributed by atoms with Crippen LogP contribution in [0.5, 0.6) is 11.5 Å². The molecule has 4 aromatic carbocycles. The van der Waals surface area contributed by atoms with E-state index in [1.807, 2.05) is 48.5 Å². The van der Waals surface area contributed by atoms with Crippen molar-refractivity contribution in [2.45, 2.75) is 35.3 Å². The van der Waals surface area contributed by atoms with Crippen LogP contribution in [0.4, 0.5) is 0 Å². The molecule has 0 bridgehead atoms. The summed E-state index contributed by atoms with van der Waals surface area (Å²) in [5, 5.41) is 0. The Morgan fingerprint density at radius 2 is 0.816 bits per heavy atom. The van der Waals surface area contributed by atoms with Gasteiger partial charge in [0.05, 0.1) is 35.7 Å². The number of Topliss-reactive ketones (excluding diaryl/α,β-unsaturated/α-hetero) is 1. The fourth-order valence-electron chi connectivity index (χ4n) is 4.66. The monoisotopic (exact) mass is 634 g/mol. The lowest BCUT2D eigenvalue weighted by atomic mass is 9.78. The molecule has 0 fully saturated rings. The Balaban J connectivity index is 1.83. The van der Waals surface area contributed by atoms with Gasteiger partial charge in [-0.3, -0.25) is 4.79 Å². The van der Waals surface area contributed by atoms with Gasteiger partial charge in [0.25, 0.3) is 0 Å². The SMILES string of the molecule is COc1ccc(C(C(=O)C(c2ccc(OC)cc2)C(Br)c2ccc(C)cc2)C(Br)c2ccc(C)cc2)cc1. The minimum Gasteiger partial charge on any atom is -0.497 e. The standard InChI is InChI=1S/C33H32Br2O3/c1-21-5-9-25(10-6-21)31(34)29(23-13-17-27(37-3)18-14-23)33(36)30(24-15-19-28(38-4)20-16-24)32(35)26-11-7-22(2)8-12-26/h5-20,29-32H,1-4H3. The van der Waals surface area contributed by atoms with Crippen LogP contribution in [0.3, 0.4) is 0 Å². The van der Waals surface area contributed by atoms with E-state index in [2.05, 4.69) is 94.2 Å². The number of carbonyl (C=O) groups is 1.